The number of hydrogen-bond acceptors (Lipinski definition) is 5. The zero-order valence-corrected chi connectivity index (χ0v) is 22.6. The molecule has 1 aliphatic heterocycles. The molecule has 11 heteroatoms. The third-order valence-electron chi connectivity index (χ3n) is 6.62. The standard InChI is InChI=1S/C29H30F2N4O5/c1-17-7-9-34-23(15-19-16-33(27(36)37)10-11-39-19)26(32-24(34)12-17)25-20(30)13-18(14-21(25)31)22-6-5-8-35(22)28(38)40-29(2,3)4/h5-9,12-14,19H,10-11,15-16H2,1-4H3,(H,36,37). The van der Waals surface area contributed by atoms with Gasteiger partial charge in [-0.3, -0.25) is 4.57 Å². The molecule has 9 nitrogen and oxygen atoms in total. The van der Waals surface area contributed by atoms with Crippen molar-refractivity contribution in [3.05, 3.63) is 71.7 Å². The van der Waals surface area contributed by atoms with Crippen LogP contribution in [0.3, 0.4) is 0 Å². The number of pyridine rings is 1. The zero-order valence-electron chi connectivity index (χ0n) is 22.6. The number of benzene rings is 1. The van der Waals surface area contributed by atoms with Crippen LogP contribution in [0.15, 0.2) is 48.8 Å². The van der Waals surface area contributed by atoms with Gasteiger partial charge in [-0.05, 0) is 69.7 Å². The number of aromatic nitrogens is 3. The highest BCUT2D eigenvalue weighted by molar-refractivity contribution is 5.80. The summed E-state index contributed by atoms with van der Waals surface area (Å²) in [6, 6.07) is 9.15. The molecule has 1 unspecified atom stereocenters. The van der Waals surface area contributed by atoms with Crippen molar-refractivity contribution in [3.63, 3.8) is 0 Å². The Morgan fingerprint density at radius 1 is 1.15 bits per heavy atom. The Balaban J connectivity index is 1.56. The van der Waals surface area contributed by atoms with Crippen molar-refractivity contribution < 1.29 is 33.0 Å². The fourth-order valence-electron chi connectivity index (χ4n) is 4.86. The van der Waals surface area contributed by atoms with Gasteiger partial charge >= 0.3 is 12.2 Å². The number of aryl methyl sites for hydroxylation is 1. The number of nitrogens with zero attached hydrogens (tertiary/aromatic N) is 4. The van der Waals surface area contributed by atoms with Crippen LogP contribution in [0.4, 0.5) is 18.4 Å². The molecule has 1 atom stereocenters. The van der Waals surface area contributed by atoms with E-state index in [1.54, 1.807) is 49.6 Å². The molecular formula is C29H30F2N4O5. The number of carboxylic acid groups (broad SMARTS) is 1. The first-order chi connectivity index (χ1) is 18.9. The lowest BCUT2D eigenvalue weighted by Gasteiger charge is -2.31. The molecule has 0 aliphatic carbocycles. The Morgan fingerprint density at radius 3 is 2.55 bits per heavy atom. The molecule has 1 aliphatic rings. The van der Waals surface area contributed by atoms with Crippen LogP contribution in [-0.2, 0) is 15.9 Å². The molecule has 1 fully saturated rings. The van der Waals surface area contributed by atoms with Crippen LogP contribution in [0.5, 0.6) is 0 Å². The summed E-state index contributed by atoms with van der Waals surface area (Å²) in [5, 5.41) is 9.43. The monoisotopic (exact) mass is 552 g/mol. The Kier molecular flexibility index (Phi) is 7.09. The highest BCUT2D eigenvalue weighted by Crippen LogP contribution is 2.34. The van der Waals surface area contributed by atoms with Gasteiger partial charge in [-0.25, -0.2) is 23.4 Å². The molecule has 0 bridgehead atoms. The van der Waals surface area contributed by atoms with Gasteiger partial charge < -0.3 is 23.9 Å². The van der Waals surface area contributed by atoms with Crippen LogP contribution in [0, 0.1) is 18.6 Å². The highest BCUT2D eigenvalue weighted by Gasteiger charge is 2.29. The van der Waals surface area contributed by atoms with Gasteiger partial charge in [-0.15, -0.1) is 0 Å². The van der Waals surface area contributed by atoms with Gasteiger partial charge in [0.1, 0.15) is 22.9 Å². The predicted molar refractivity (Wildman–Crippen MR) is 143 cm³/mol. The van der Waals surface area contributed by atoms with E-state index in [2.05, 4.69) is 4.98 Å². The second-order valence-corrected chi connectivity index (χ2v) is 10.8. The lowest BCUT2D eigenvalue weighted by molar-refractivity contribution is -0.0214. The van der Waals surface area contributed by atoms with Crippen LogP contribution in [0.25, 0.3) is 28.2 Å². The van der Waals surface area contributed by atoms with Crippen molar-refractivity contribution in [2.45, 2.75) is 45.8 Å². The molecule has 1 saturated heterocycles. The summed E-state index contributed by atoms with van der Waals surface area (Å²) in [4.78, 5) is 30.0. The van der Waals surface area contributed by atoms with E-state index in [0.717, 1.165) is 17.7 Å². The number of carbonyl (C=O) groups excluding carboxylic acids is 1. The minimum atomic E-state index is -1.05. The van der Waals surface area contributed by atoms with Gasteiger partial charge in [0.15, 0.2) is 0 Å². The first-order valence-electron chi connectivity index (χ1n) is 12.9. The van der Waals surface area contributed by atoms with Crippen LogP contribution in [0.2, 0.25) is 0 Å². The third-order valence-corrected chi connectivity index (χ3v) is 6.62. The number of fused-ring (bicyclic) bond motifs is 1. The number of morpholine rings is 1. The Bertz CT molecular complexity index is 1580. The van der Waals surface area contributed by atoms with Crippen molar-refractivity contribution in [2.75, 3.05) is 19.7 Å². The van der Waals surface area contributed by atoms with Crippen molar-refractivity contribution in [1.29, 1.82) is 0 Å². The van der Waals surface area contributed by atoms with Gasteiger partial charge in [0.2, 0.25) is 0 Å². The molecule has 4 heterocycles. The molecule has 0 radical (unpaired) electrons. The van der Waals surface area contributed by atoms with E-state index < -0.39 is 35.5 Å². The minimum absolute atomic E-state index is 0.103. The third kappa shape index (κ3) is 5.42. The van der Waals surface area contributed by atoms with Crippen LogP contribution in [0.1, 0.15) is 32.0 Å². The van der Waals surface area contributed by atoms with E-state index >= 15 is 8.78 Å². The molecular weight excluding hydrogens is 522 g/mol. The first kappa shape index (κ1) is 27.3. The maximum atomic E-state index is 15.8. The van der Waals surface area contributed by atoms with E-state index in [-0.39, 0.29) is 48.6 Å². The average molecular weight is 553 g/mol. The summed E-state index contributed by atoms with van der Waals surface area (Å²) in [6.07, 6.45) is 1.19. The quantitative estimate of drug-likeness (QED) is 0.346. The Labute approximate surface area is 229 Å². The molecule has 40 heavy (non-hydrogen) atoms. The van der Waals surface area contributed by atoms with Crippen molar-refractivity contribution >= 4 is 17.8 Å². The normalized spacial score (nSPS) is 15.9. The van der Waals surface area contributed by atoms with E-state index in [1.165, 1.54) is 15.7 Å². The van der Waals surface area contributed by atoms with Crippen molar-refractivity contribution in [2.24, 2.45) is 0 Å². The molecule has 1 amide bonds. The summed E-state index contributed by atoms with van der Waals surface area (Å²) in [6.45, 7) is 7.67. The molecule has 1 N–H and O–H groups in total. The van der Waals surface area contributed by atoms with Gasteiger partial charge in [0, 0.05) is 30.9 Å². The number of imidazole rings is 1. The minimum Gasteiger partial charge on any atom is -0.465 e. The van der Waals surface area contributed by atoms with Crippen LogP contribution >= 0.6 is 0 Å². The van der Waals surface area contributed by atoms with Gasteiger partial charge in [-0.2, -0.15) is 0 Å². The van der Waals surface area contributed by atoms with E-state index in [4.69, 9.17) is 9.47 Å². The molecule has 1 aromatic carbocycles. The second kappa shape index (κ2) is 10.4. The largest absolute Gasteiger partial charge is 0.465 e. The summed E-state index contributed by atoms with van der Waals surface area (Å²) in [5.41, 5.74) is 1.37. The summed E-state index contributed by atoms with van der Waals surface area (Å²) < 4.78 is 45.8. The lowest BCUT2D eigenvalue weighted by atomic mass is 10.0. The molecule has 4 aromatic rings. The predicted octanol–water partition coefficient (Wildman–Crippen LogP) is 5.76. The summed E-state index contributed by atoms with van der Waals surface area (Å²) in [5.74, 6) is -1.71. The number of hydrogen-bond donors (Lipinski definition) is 1. The highest BCUT2D eigenvalue weighted by atomic mass is 19.1. The van der Waals surface area contributed by atoms with Gasteiger partial charge in [0.25, 0.3) is 0 Å². The lowest BCUT2D eigenvalue weighted by Crippen LogP contribution is -2.45. The molecule has 5 rings (SSSR count). The zero-order chi connectivity index (χ0) is 28.8. The molecule has 0 saturated carbocycles. The summed E-state index contributed by atoms with van der Waals surface area (Å²) in [7, 11) is 0. The number of halogens is 2. The van der Waals surface area contributed by atoms with E-state index in [1.807, 2.05) is 13.0 Å². The van der Waals surface area contributed by atoms with Gasteiger partial charge in [-0.1, -0.05) is 0 Å². The second-order valence-electron chi connectivity index (χ2n) is 10.8. The number of carbonyl (C=O) groups is 2. The maximum absolute atomic E-state index is 15.8. The fraction of sp³-hybridized carbons (Fsp3) is 0.345. The van der Waals surface area contributed by atoms with Crippen LogP contribution in [-0.4, -0.2) is 67.5 Å². The first-order valence-corrected chi connectivity index (χ1v) is 12.9. The number of ether oxygens (including phenoxy) is 2. The Morgan fingerprint density at radius 2 is 1.88 bits per heavy atom. The summed E-state index contributed by atoms with van der Waals surface area (Å²) >= 11 is 0. The van der Waals surface area contributed by atoms with Crippen molar-refractivity contribution in [3.8, 4) is 22.5 Å². The molecule has 3 aromatic heterocycles. The molecule has 0 spiro atoms. The number of amides is 1. The Hall–Kier alpha value is -4.25. The SMILES string of the molecule is Cc1ccn2c(CC3CN(C(=O)O)CCO3)c(-c3c(F)cc(-c4cccn4C(=O)OC(C)(C)C)cc3F)nc2c1. The van der Waals surface area contributed by atoms with E-state index in [9.17, 15) is 14.7 Å². The molecule has 210 valence electrons. The van der Waals surface area contributed by atoms with E-state index in [0.29, 0.717) is 11.3 Å². The average Bonchev–Trinajstić information content (AvgIpc) is 3.48. The number of rotatable bonds is 4. The fourth-order valence-corrected chi connectivity index (χ4v) is 4.86. The van der Waals surface area contributed by atoms with Gasteiger partial charge in [0.05, 0.1) is 41.9 Å². The van der Waals surface area contributed by atoms with Crippen LogP contribution < -0.4 is 0 Å². The smallest absolute Gasteiger partial charge is 0.418 e. The maximum Gasteiger partial charge on any atom is 0.418 e. The topological polar surface area (TPSA) is 98.3 Å². The van der Waals surface area contributed by atoms with Crippen molar-refractivity contribution in [1.82, 2.24) is 18.9 Å².